The van der Waals surface area contributed by atoms with Crippen LogP contribution >= 0.6 is 12.4 Å². The molecule has 0 bridgehead atoms. The molecule has 1 fully saturated rings. The number of carbonyl (C=O) groups excluding carboxylic acids is 1. The number of halogens is 1. The highest BCUT2D eigenvalue weighted by molar-refractivity contribution is 5.85. The number of nitrogens with one attached hydrogen (secondary N) is 1. The van der Waals surface area contributed by atoms with Crippen LogP contribution in [0.1, 0.15) is 62.9 Å². The smallest absolute Gasteiger partial charge is 0.248 e. The molecule has 1 aromatic carbocycles. The van der Waals surface area contributed by atoms with E-state index >= 15 is 0 Å². The zero-order valence-corrected chi connectivity index (χ0v) is 16.1. The Labute approximate surface area is 160 Å². The van der Waals surface area contributed by atoms with Crippen molar-refractivity contribution in [1.29, 1.82) is 0 Å². The Hall–Kier alpha value is -1.92. The number of aromatic nitrogens is 2. The minimum atomic E-state index is -0.449. The largest absolute Gasteiger partial charge is 0.344 e. The van der Waals surface area contributed by atoms with E-state index in [1.165, 1.54) is 0 Å². The molecule has 0 radical (unpaired) electrons. The van der Waals surface area contributed by atoms with E-state index < -0.39 is 5.54 Å². The number of nitrogens with two attached hydrogens (primary N) is 1. The molecule has 3 rings (SSSR count). The first-order valence-electron chi connectivity index (χ1n) is 8.91. The van der Waals surface area contributed by atoms with E-state index in [4.69, 9.17) is 10.3 Å². The minimum Gasteiger partial charge on any atom is -0.344 e. The van der Waals surface area contributed by atoms with E-state index in [0.29, 0.717) is 18.1 Å². The molecule has 26 heavy (non-hydrogen) atoms. The maximum Gasteiger partial charge on any atom is 0.248 e. The fraction of sp³-hybridized carbons (Fsp3) is 0.526. The monoisotopic (exact) mass is 378 g/mol. The number of benzene rings is 1. The Kier molecular flexibility index (Phi) is 6.78. The van der Waals surface area contributed by atoms with Gasteiger partial charge in [-0.05, 0) is 32.3 Å². The van der Waals surface area contributed by atoms with Crippen LogP contribution in [0.3, 0.4) is 0 Å². The van der Waals surface area contributed by atoms with Crippen LogP contribution < -0.4 is 11.1 Å². The molecule has 1 aliphatic carbocycles. The molecule has 6 nitrogen and oxygen atoms in total. The average Bonchev–Trinajstić information content (AvgIpc) is 3.04. The van der Waals surface area contributed by atoms with E-state index in [2.05, 4.69) is 15.5 Å². The van der Waals surface area contributed by atoms with Crippen molar-refractivity contribution in [3.63, 3.8) is 0 Å². The van der Waals surface area contributed by atoms with E-state index in [1.54, 1.807) is 0 Å². The second-order valence-corrected chi connectivity index (χ2v) is 7.25. The van der Waals surface area contributed by atoms with Gasteiger partial charge in [-0.2, -0.15) is 4.98 Å². The molecule has 1 aliphatic rings. The van der Waals surface area contributed by atoms with Crippen LogP contribution in [0.4, 0.5) is 0 Å². The first kappa shape index (κ1) is 20.4. The fourth-order valence-electron chi connectivity index (χ4n) is 3.46. The molecule has 1 amide bonds. The normalized spacial score (nSPS) is 23.7. The van der Waals surface area contributed by atoms with Crippen LogP contribution in [0.5, 0.6) is 0 Å². The number of hydrogen-bond acceptors (Lipinski definition) is 5. The van der Waals surface area contributed by atoms with Crippen LogP contribution in [-0.2, 0) is 11.2 Å². The summed E-state index contributed by atoms with van der Waals surface area (Å²) in [5, 5.41) is 7.00. The Morgan fingerprint density at radius 2 is 2.12 bits per heavy atom. The second kappa shape index (κ2) is 8.64. The number of rotatable bonds is 5. The van der Waals surface area contributed by atoms with Crippen molar-refractivity contribution in [2.24, 2.45) is 11.7 Å². The molecule has 0 spiro atoms. The molecule has 3 unspecified atom stereocenters. The Balaban J connectivity index is 0.00000243. The molecule has 142 valence electrons. The summed E-state index contributed by atoms with van der Waals surface area (Å²) in [6, 6.07) is 9.64. The van der Waals surface area contributed by atoms with Crippen molar-refractivity contribution in [1.82, 2.24) is 15.5 Å². The first-order valence-corrected chi connectivity index (χ1v) is 8.91. The summed E-state index contributed by atoms with van der Waals surface area (Å²) < 4.78 is 5.33. The first-order chi connectivity index (χ1) is 12.0. The molecule has 2 aromatic rings. The van der Waals surface area contributed by atoms with Crippen LogP contribution in [0.2, 0.25) is 0 Å². The van der Waals surface area contributed by atoms with Crippen molar-refractivity contribution in [2.45, 2.75) is 57.5 Å². The number of hydrogen-bond donors (Lipinski definition) is 2. The highest BCUT2D eigenvalue weighted by atomic mass is 35.5. The summed E-state index contributed by atoms with van der Waals surface area (Å²) in [6.07, 6.45) is 4.43. The molecule has 0 aliphatic heterocycles. The molecule has 3 atom stereocenters. The Morgan fingerprint density at radius 1 is 1.38 bits per heavy atom. The predicted molar refractivity (Wildman–Crippen MR) is 102 cm³/mol. The molecule has 0 saturated heterocycles. The van der Waals surface area contributed by atoms with Gasteiger partial charge in [0.2, 0.25) is 11.8 Å². The SMILES string of the molecule is CC(NC(=O)C1CCCCC1(C)N)c1nc(Cc2ccccc2)no1.Cl. The third-order valence-electron chi connectivity index (χ3n) is 4.99. The van der Waals surface area contributed by atoms with Gasteiger partial charge in [-0.3, -0.25) is 4.79 Å². The lowest BCUT2D eigenvalue weighted by molar-refractivity contribution is -0.129. The Bertz CT molecular complexity index is 717. The quantitative estimate of drug-likeness (QED) is 0.833. The van der Waals surface area contributed by atoms with Gasteiger partial charge in [-0.1, -0.05) is 48.3 Å². The minimum absolute atomic E-state index is 0. The van der Waals surface area contributed by atoms with Crippen molar-refractivity contribution < 1.29 is 9.32 Å². The lowest BCUT2D eigenvalue weighted by Gasteiger charge is -2.37. The van der Waals surface area contributed by atoms with E-state index in [0.717, 1.165) is 31.2 Å². The predicted octanol–water partition coefficient (Wildman–Crippen LogP) is 3.17. The number of carbonyl (C=O) groups is 1. The molecular formula is C19H27ClN4O2. The Morgan fingerprint density at radius 3 is 2.81 bits per heavy atom. The van der Waals surface area contributed by atoms with Gasteiger partial charge >= 0.3 is 0 Å². The molecule has 1 saturated carbocycles. The standard InChI is InChI=1S/C19H26N4O2.ClH/c1-13(21-17(24)15-10-6-7-11-19(15,2)20)18-22-16(23-25-18)12-14-8-4-3-5-9-14;/h3-5,8-9,13,15H,6-7,10-12,20H2,1-2H3,(H,21,24);1H. The summed E-state index contributed by atoms with van der Waals surface area (Å²) in [7, 11) is 0. The third-order valence-corrected chi connectivity index (χ3v) is 4.99. The van der Waals surface area contributed by atoms with Crippen molar-refractivity contribution in [3.05, 3.63) is 47.6 Å². The molecule has 7 heteroatoms. The maximum absolute atomic E-state index is 12.6. The molecule has 1 heterocycles. The zero-order valence-electron chi connectivity index (χ0n) is 15.3. The van der Waals surface area contributed by atoms with Gasteiger partial charge in [-0.15, -0.1) is 12.4 Å². The average molecular weight is 379 g/mol. The highest BCUT2D eigenvalue weighted by Crippen LogP contribution is 2.32. The highest BCUT2D eigenvalue weighted by Gasteiger charge is 2.38. The third kappa shape index (κ3) is 4.83. The lowest BCUT2D eigenvalue weighted by atomic mass is 9.74. The summed E-state index contributed by atoms with van der Waals surface area (Å²) in [5.74, 6) is 0.841. The molecule has 1 aromatic heterocycles. The lowest BCUT2D eigenvalue weighted by Crippen LogP contribution is -2.53. The van der Waals surface area contributed by atoms with Crippen molar-refractivity contribution in [3.8, 4) is 0 Å². The second-order valence-electron chi connectivity index (χ2n) is 7.25. The van der Waals surface area contributed by atoms with Crippen molar-refractivity contribution >= 4 is 18.3 Å². The van der Waals surface area contributed by atoms with E-state index in [1.807, 2.05) is 44.2 Å². The fourth-order valence-corrected chi connectivity index (χ4v) is 3.46. The van der Waals surface area contributed by atoms with Crippen LogP contribution in [-0.4, -0.2) is 21.6 Å². The van der Waals surface area contributed by atoms with Crippen LogP contribution in [0.25, 0.3) is 0 Å². The van der Waals surface area contributed by atoms with Gasteiger partial charge < -0.3 is 15.6 Å². The van der Waals surface area contributed by atoms with Gasteiger partial charge in [0.25, 0.3) is 0 Å². The van der Waals surface area contributed by atoms with E-state index in [-0.39, 0.29) is 30.3 Å². The van der Waals surface area contributed by atoms with Gasteiger partial charge in [-0.25, -0.2) is 0 Å². The molecule has 3 N–H and O–H groups in total. The summed E-state index contributed by atoms with van der Waals surface area (Å²) in [4.78, 5) is 17.0. The maximum atomic E-state index is 12.6. The van der Waals surface area contributed by atoms with Crippen molar-refractivity contribution in [2.75, 3.05) is 0 Å². The zero-order chi connectivity index (χ0) is 17.9. The van der Waals surface area contributed by atoms with E-state index in [9.17, 15) is 4.79 Å². The van der Waals surface area contributed by atoms with Crippen LogP contribution in [0, 0.1) is 5.92 Å². The number of nitrogens with zero attached hydrogens (tertiary/aromatic N) is 2. The van der Waals surface area contributed by atoms with Crippen LogP contribution in [0.15, 0.2) is 34.9 Å². The number of amides is 1. The topological polar surface area (TPSA) is 94.0 Å². The summed E-state index contributed by atoms with van der Waals surface area (Å²) >= 11 is 0. The van der Waals surface area contributed by atoms with Gasteiger partial charge in [0.15, 0.2) is 5.82 Å². The molecular weight excluding hydrogens is 352 g/mol. The van der Waals surface area contributed by atoms with Gasteiger partial charge in [0.05, 0.1) is 5.92 Å². The summed E-state index contributed by atoms with van der Waals surface area (Å²) in [5.41, 5.74) is 6.98. The van der Waals surface area contributed by atoms with Gasteiger partial charge in [0.1, 0.15) is 6.04 Å². The summed E-state index contributed by atoms with van der Waals surface area (Å²) in [6.45, 7) is 3.82. The van der Waals surface area contributed by atoms with Gasteiger partial charge in [0, 0.05) is 12.0 Å².